The van der Waals surface area contributed by atoms with Gasteiger partial charge in [-0.1, -0.05) is 11.6 Å². The monoisotopic (exact) mass is 374 g/mol. The summed E-state index contributed by atoms with van der Waals surface area (Å²) in [5, 5.41) is 8.50. The standard InChI is InChI=1S/C17H16ClFN6O/c1-9-15-22-23-16(14-8-20-10(2)21-14)25(15)6-5-24(9)17(26)11-3-4-12(18)13(19)7-11/h3-4,7,9H,5-6,8H2,1-2H3/t9-/m1/s1. The molecule has 1 amide bonds. The summed E-state index contributed by atoms with van der Waals surface area (Å²) in [5.41, 5.74) is 1.05. The molecule has 0 fully saturated rings. The average molecular weight is 375 g/mol. The van der Waals surface area contributed by atoms with Gasteiger partial charge in [-0.25, -0.2) is 9.38 Å². The lowest BCUT2D eigenvalue weighted by Gasteiger charge is -2.33. The maximum atomic E-state index is 13.7. The fourth-order valence-electron chi connectivity index (χ4n) is 3.25. The Bertz CT molecular complexity index is 966. The van der Waals surface area contributed by atoms with Crippen molar-refractivity contribution < 1.29 is 9.18 Å². The molecule has 9 heteroatoms. The fourth-order valence-corrected chi connectivity index (χ4v) is 3.36. The molecule has 1 aromatic heterocycles. The van der Waals surface area contributed by atoms with Gasteiger partial charge >= 0.3 is 0 Å². The van der Waals surface area contributed by atoms with E-state index in [1.54, 1.807) is 4.90 Å². The Labute approximate surface area is 154 Å². The molecule has 2 aliphatic heterocycles. The van der Waals surface area contributed by atoms with Crippen LogP contribution in [0.4, 0.5) is 4.39 Å². The van der Waals surface area contributed by atoms with E-state index < -0.39 is 5.82 Å². The first kappa shape index (κ1) is 16.8. The van der Waals surface area contributed by atoms with Crippen molar-refractivity contribution in [3.05, 3.63) is 46.3 Å². The predicted molar refractivity (Wildman–Crippen MR) is 95.4 cm³/mol. The highest BCUT2D eigenvalue weighted by molar-refractivity contribution is 6.30. The van der Waals surface area contributed by atoms with Crippen LogP contribution in [-0.2, 0) is 6.54 Å². The summed E-state index contributed by atoms with van der Waals surface area (Å²) >= 11 is 5.70. The molecule has 134 valence electrons. The molecule has 0 unspecified atom stereocenters. The molecule has 7 nitrogen and oxygen atoms in total. The van der Waals surface area contributed by atoms with Crippen LogP contribution in [0.15, 0.2) is 28.2 Å². The minimum atomic E-state index is -0.609. The lowest BCUT2D eigenvalue weighted by Crippen LogP contribution is -2.41. The summed E-state index contributed by atoms with van der Waals surface area (Å²) < 4.78 is 15.7. The van der Waals surface area contributed by atoms with Crippen LogP contribution < -0.4 is 0 Å². The zero-order chi connectivity index (χ0) is 18.4. The van der Waals surface area contributed by atoms with E-state index in [0.717, 1.165) is 17.6 Å². The molecule has 4 rings (SSSR count). The summed E-state index contributed by atoms with van der Waals surface area (Å²) in [4.78, 5) is 23.1. The Morgan fingerprint density at radius 3 is 2.81 bits per heavy atom. The Kier molecular flexibility index (Phi) is 4.07. The van der Waals surface area contributed by atoms with E-state index in [2.05, 4.69) is 20.2 Å². The molecule has 0 radical (unpaired) electrons. The number of carbonyl (C=O) groups excluding carboxylic acids is 1. The molecule has 2 aliphatic rings. The van der Waals surface area contributed by atoms with E-state index in [1.165, 1.54) is 12.1 Å². The van der Waals surface area contributed by atoms with Gasteiger partial charge in [0.1, 0.15) is 17.4 Å². The Hall–Kier alpha value is -2.61. The van der Waals surface area contributed by atoms with Crippen molar-refractivity contribution >= 4 is 29.1 Å². The Morgan fingerprint density at radius 2 is 2.12 bits per heavy atom. The third kappa shape index (κ3) is 2.70. The second kappa shape index (κ2) is 6.28. The van der Waals surface area contributed by atoms with Gasteiger partial charge in [-0.05, 0) is 32.0 Å². The SMILES string of the molecule is CC1=NCC(c2nnc3n2CCN(C(=O)c2ccc(Cl)c(F)c2)[C@@H]3C)=N1. The van der Waals surface area contributed by atoms with Gasteiger partial charge in [-0.15, -0.1) is 10.2 Å². The van der Waals surface area contributed by atoms with Crippen LogP contribution in [0.25, 0.3) is 0 Å². The van der Waals surface area contributed by atoms with Crippen molar-refractivity contribution in [3.8, 4) is 0 Å². The number of nitrogens with zero attached hydrogens (tertiary/aromatic N) is 6. The highest BCUT2D eigenvalue weighted by Crippen LogP contribution is 2.27. The summed E-state index contributed by atoms with van der Waals surface area (Å²) in [6.07, 6.45) is 0. The zero-order valence-electron chi connectivity index (χ0n) is 14.3. The number of aromatic nitrogens is 3. The van der Waals surface area contributed by atoms with Crippen LogP contribution in [0.2, 0.25) is 5.02 Å². The average Bonchev–Trinajstić information content (AvgIpc) is 3.23. The van der Waals surface area contributed by atoms with Gasteiger partial charge < -0.3 is 9.47 Å². The van der Waals surface area contributed by atoms with Crippen molar-refractivity contribution in [1.29, 1.82) is 0 Å². The van der Waals surface area contributed by atoms with Crippen molar-refractivity contribution in [2.24, 2.45) is 9.98 Å². The molecule has 0 spiro atoms. The summed E-state index contributed by atoms with van der Waals surface area (Å²) in [6.45, 7) is 5.23. The second-order valence-electron chi connectivity index (χ2n) is 6.26. The van der Waals surface area contributed by atoms with Gasteiger partial charge in [0.2, 0.25) is 0 Å². The molecular formula is C17H16ClFN6O. The first-order valence-electron chi connectivity index (χ1n) is 8.24. The van der Waals surface area contributed by atoms with Crippen LogP contribution in [0.1, 0.15) is 41.9 Å². The molecular weight excluding hydrogens is 359 g/mol. The molecule has 0 saturated heterocycles. The third-order valence-corrected chi connectivity index (χ3v) is 4.93. The Balaban J connectivity index is 1.61. The molecule has 3 heterocycles. The molecule has 26 heavy (non-hydrogen) atoms. The number of fused-ring (bicyclic) bond motifs is 1. The zero-order valence-corrected chi connectivity index (χ0v) is 15.0. The summed E-state index contributed by atoms with van der Waals surface area (Å²) in [7, 11) is 0. The number of halogens is 2. The van der Waals surface area contributed by atoms with Gasteiger partial charge in [0.05, 0.1) is 17.6 Å². The molecule has 2 aromatic rings. The number of rotatable bonds is 2. The van der Waals surface area contributed by atoms with Crippen LogP contribution in [0.3, 0.4) is 0 Å². The topological polar surface area (TPSA) is 75.7 Å². The van der Waals surface area contributed by atoms with Gasteiger partial charge in [-0.3, -0.25) is 9.79 Å². The van der Waals surface area contributed by atoms with Gasteiger partial charge in [-0.2, -0.15) is 0 Å². The number of hydrogen-bond acceptors (Lipinski definition) is 5. The van der Waals surface area contributed by atoms with Crippen LogP contribution in [0.5, 0.6) is 0 Å². The van der Waals surface area contributed by atoms with Gasteiger partial charge in [0, 0.05) is 18.7 Å². The highest BCUT2D eigenvalue weighted by Gasteiger charge is 2.33. The number of amides is 1. The van der Waals surface area contributed by atoms with E-state index in [1.807, 2.05) is 18.4 Å². The van der Waals surface area contributed by atoms with Crippen LogP contribution >= 0.6 is 11.6 Å². The molecule has 1 atom stereocenters. The summed E-state index contributed by atoms with van der Waals surface area (Å²) in [6, 6.07) is 3.79. The number of carbonyl (C=O) groups is 1. The largest absolute Gasteiger partial charge is 0.327 e. The summed E-state index contributed by atoms with van der Waals surface area (Å²) in [5.74, 6) is 1.23. The third-order valence-electron chi connectivity index (χ3n) is 4.63. The maximum absolute atomic E-state index is 13.7. The van der Waals surface area contributed by atoms with Crippen molar-refractivity contribution in [2.75, 3.05) is 13.1 Å². The minimum absolute atomic E-state index is 0.00696. The highest BCUT2D eigenvalue weighted by atomic mass is 35.5. The van der Waals surface area contributed by atoms with E-state index >= 15 is 0 Å². The number of aliphatic imine (C=N–C) groups is 2. The van der Waals surface area contributed by atoms with Crippen LogP contribution in [0, 0.1) is 5.82 Å². The van der Waals surface area contributed by atoms with Gasteiger partial charge in [0.25, 0.3) is 5.91 Å². The fraction of sp³-hybridized carbons (Fsp3) is 0.353. The van der Waals surface area contributed by atoms with E-state index in [4.69, 9.17) is 11.6 Å². The Morgan fingerprint density at radius 1 is 1.31 bits per heavy atom. The predicted octanol–water partition coefficient (Wildman–Crippen LogP) is 2.51. The van der Waals surface area contributed by atoms with Crippen LogP contribution in [-0.4, -0.2) is 50.2 Å². The molecule has 0 saturated carbocycles. The first-order chi connectivity index (χ1) is 12.5. The maximum Gasteiger partial charge on any atom is 0.254 e. The lowest BCUT2D eigenvalue weighted by atomic mass is 10.1. The number of amidine groups is 1. The van der Waals surface area contributed by atoms with E-state index in [9.17, 15) is 9.18 Å². The van der Waals surface area contributed by atoms with E-state index in [0.29, 0.717) is 31.3 Å². The normalized spacial score (nSPS) is 19.2. The van der Waals surface area contributed by atoms with Gasteiger partial charge in [0.15, 0.2) is 11.6 Å². The van der Waals surface area contributed by atoms with Crippen molar-refractivity contribution in [1.82, 2.24) is 19.7 Å². The number of benzene rings is 1. The minimum Gasteiger partial charge on any atom is -0.327 e. The second-order valence-corrected chi connectivity index (χ2v) is 6.67. The van der Waals surface area contributed by atoms with Crippen molar-refractivity contribution in [3.63, 3.8) is 0 Å². The van der Waals surface area contributed by atoms with E-state index in [-0.39, 0.29) is 22.5 Å². The smallest absolute Gasteiger partial charge is 0.254 e. The van der Waals surface area contributed by atoms with Crippen molar-refractivity contribution in [2.45, 2.75) is 26.4 Å². The molecule has 1 aromatic carbocycles. The lowest BCUT2D eigenvalue weighted by molar-refractivity contribution is 0.0637. The first-order valence-corrected chi connectivity index (χ1v) is 8.61. The number of hydrogen-bond donors (Lipinski definition) is 0. The molecule has 0 bridgehead atoms. The molecule has 0 N–H and O–H groups in total. The quantitative estimate of drug-likeness (QED) is 0.810. The molecule has 0 aliphatic carbocycles.